The summed E-state index contributed by atoms with van der Waals surface area (Å²) in [6, 6.07) is 34.1. The average molecular weight is 795 g/mol. The second-order valence-corrected chi connectivity index (χ2v) is 9.28. The Labute approximate surface area is 324 Å². The molecule has 0 aromatic heterocycles. The van der Waals surface area contributed by atoms with Crippen LogP contribution in [0.4, 0.5) is 0 Å². The Balaban J connectivity index is -0.000000234. The van der Waals surface area contributed by atoms with E-state index in [0.29, 0.717) is 11.1 Å². The van der Waals surface area contributed by atoms with E-state index in [2.05, 4.69) is 51.0 Å². The van der Waals surface area contributed by atoms with Gasteiger partial charge in [0.05, 0.1) is 12.6 Å². The molecule has 40 heavy (non-hydrogen) atoms. The van der Waals surface area contributed by atoms with E-state index in [1.165, 1.54) is 11.1 Å². The largest absolute Gasteiger partial charge is 0.545 e. The van der Waals surface area contributed by atoms with E-state index in [0.717, 1.165) is 15.4 Å². The molecule has 3 nitrogen and oxygen atoms in total. The van der Waals surface area contributed by atoms with Crippen molar-refractivity contribution in [1.29, 1.82) is 0 Å². The van der Waals surface area contributed by atoms with E-state index < -0.39 is 0 Å². The Hall–Kier alpha value is -0.0983. The first kappa shape index (κ1) is 46.8. The predicted molar refractivity (Wildman–Crippen MR) is 158 cm³/mol. The zero-order valence-electron chi connectivity index (χ0n) is 23.6. The quantitative estimate of drug-likeness (QED) is 0.116. The molecule has 0 unspecified atom stereocenters. The second kappa shape index (κ2) is 31.8. The van der Waals surface area contributed by atoms with Crippen LogP contribution in [0.1, 0.15) is 41.7 Å². The Kier molecular flexibility index (Phi) is 37.3. The van der Waals surface area contributed by atoms with Crippen molar-refractivity contribution in [2.24, 2.45) is 0 Å². The van der Waals surface area contributed by atoms with Gasteiger partial charge in [-0.3, -0.25) is 6.79 Å². The van der Waals surface area contributed by atoms with Gasteiger partial charge in [-0.05, 0) is 13.8 Å². The SMILES string of the molecule is CC.Cc1cccc(C)c1.Cc1ccccc1[C-]=O.O=[C-]c1ccccc1SSc1[c-]cccc1.[CH-]=O.[Y].[Y].[Y]. The molecule has 0 spiro atoms. The third kappa shape index (κ3) is 21.6. The van der Waals surface area contributed by atoms with Gasteiger partial charge in [-0.1, -0.05) is 88.9 Å². The molecule has 4 rings (SSSR count). The van der Waals surface area contributed by atoms with E-state index in [-0.39, 0.29) is 98.1 Å². The zero-order chi connectivity index (χ0) is 27.9. The third-order valence-electron chi connectivity index (χ3n) is 4.33. The van der Waals surface area contributed by atoms with Gasteiger partial charge in [-0.25, -0.2) is 0 Å². The Bertz CT molecular complexity index is 1160. The molecule has 0 N–H and O–H groups in total. The summed E-state index contributed by atoms with van der Waals surface area (Å²) in [5.41, 5.74) is 4.91. The molecule has 0 aliphatic carbocycles. The molecule has 0 atom stereocenters. The molecule has 0 saturated heterocycles. The van der Waals surface area contributed by atoms with Gasteiger partial charge in [0.15, 0.2) is 0 Å². The summed E-state index contributed by atoms with van der Waals surface area (Å²) in [7, 11) is 3.13. The van der Waals surface area contributed by atoms with E-state index in [1.54, 1.807) is 33.7 Å². The topological polar surface area (TPSA) is 51.2 Å². The first-order valence-electron chi connectivity index (χ1n) is 11.5. The Morgan fingerprint density at radius 2 is 1.12 bits per heavy atom. The molecule has 8 heteroatoms. The smallest absolute Gasteiger partial charge is 0.0638 e. The second-order valence-electron chi connectivity index (χ2n) is 7.07. The molecule has 0 fully saturated rings. The number of benzene rings is 4. The minimum atomic E-state index is 0. The standard InChI is InChI=1S/C13H8OS2.C8H7O.C8H10.C2H6.CHO.3Y/c14-10-11-6-4-5-9-13(11)16-15-12-7-2-1-3-8-12;1-7-4-2-3-5-8(7)6-9;1-7-4-3-5-8(2)6-7;2*1-2;;;/h1-7,9H;2-5H,1H3;3-6H,1-2H3;1-2H3;1H;;;/q-2;-1;;;-1;;;. The molecular formula is C32H32O3S2Y3-4. The Morgan fingerprint density at radius 1 is 0.625 bits per heavy atom. The Morgan fingerprint density at radius 3 is 1.55 bits per heavy atom. The fraction of sp³-hybridized carbons (Fsp3) is 0.156. The molecule has 0 heterocycles. The molecule has 0 amide bonds. The van der Waals surface area contributed by atoms with Crippen LogP contribution in [0.15, 0.2) is 107 Å². The van der Waals surface area contributed by atoms with E-state index in [9.17, 15) is 9.59 Å². The summed E-state index contributed by atoms with van der Waals surface area (Å²) in [6.07, 6.45) is 3.78. The summed E-state index contributed by atoms with van der Waals surface area (Å²) in [6.45, 7) is 13.3. The van der Waals surface area contributed by atoms with Crippen molar-refractivity contribution in [1.82, 2.24) is 0 Å². The molecule has 203 valence electrons. The monoisotopic (exact) mass is 795 g/mol. The molecule has 4 aromatic carbocycles. The fourth-order valence-corrected chi connectivity index (χ4v) is 4.69. The maximum Gasteiger partial charge on any atom is 0.0638 e. The van der Waals surface area contributed by atoms with Gasteiger partial charge in [0.1, 0.15) is 0 Å². The fourth-order valence-electron chi connectivity index (χ4n) is 2.64. The van der Waals surface area contributed by atoms with Crippen LogP contribution in [0.3, 0.4) is 0 Å². The third-order valence-corrected chi connectivity index (χ3v) is 6.71. The van der Waals surface area contributed by atoms with Crippen LogP contribution in [0.5, 0.6) is 0 Å². The van der Waals surface area contributed by atoms with Crippen LogP contribution in [0.25, 0.3) is 0 Å². The molecule has 0 aliphatic rings. The van der Waals surface area contributed by atoms with Crippen molar-refractivity contribution in [2.75, 3.05) is 0 Å². The van der Waals surface area contributed by atoms with Crippen molar-refractivity contribution in [2.45, 2.75) is 44.4 Å². The van der Waals surface area contributed by atoms with E-state index in [1.807, 2.05) is 94.0 Å². The normalized spacial score (nSPS) is 8.12. The molecule has 4 aromatic rings. The van der Waals surface area contributed by atoms with Crippen LogP contribution >= 0.6 is 21.6 Å². The molecule has 0 saturated carbocycles. The number of aryl methyl sites for hydroxylation is 3. The van der Waals surface area contributed by atoms with Crippen LogP contribution < -0.4 is 0 Å². The van der Waals surface area contributed by atoms with Crippen molar-refractivity contribution < 1.29 is 113 Å². The first-order valence-corrected chi connectivity index (χ1v) is 13.7. The minimum Gasteiger partial charge on any atom is -0.545 e. The van der Waals surface area contributed by atoms with Crippen molar-refractivity contribution in [3.63, 3.8) is 0 Å². The number of rotatable bonds is 5. The molecule has 3 radical (unpaired) electrons. The maximum atomic E-state index is 10.7. The van der Waals surface area contributed by atoms with Gasteiger partial charge in [0.2, 0.25) is 0 Å². The van der Waals surface area contributed by atoms with Crippen molar-refractivity contribution in [3.05, 3.63) is 131 Å². The zero-order valence-corrected chi connectivity index (χ0v) is 33.7. The van der Waals surface area contributed by atoms with Gasteiger partial charge in [-0.15, -0.1) is 51.7 Å². The molecule has 0 aliphatic heterocycles. The van der Waals surface area contributed by atoms with Gasteiger partial charge in [0.25, 0.3) is 0 Å². The summed E-state index contributed by atoms with van der Waals surface area (Å²) >= 11 is 0. The van der Waals surface area contributed by atoms with Gasteiger partial charge >= 0.3 is 0 Å². The first-order chi connectivity index (χ1) is 18.0. The number of hydrogen-bond acceptors (Lipinski definition) is 5. The minimum absolute atomic E-state index is 0. The molecular weight excluding hydrogens is 763 g/mol. The van der Waals surface area contributed by atoms with Crippen molar-refractivity contribution in [3.8, 4) is 0 Å². The van der Waals surface area contributed by atoms with E-state index in [4.69, 9.17) is 4.79 Å². The predicted octanol–water partition coefficient (Wildman–Crippen LogP) is 8.24. The van der Waals surface area contributed by atoms with Gasteiger partial charge in [-0.2, -0.15) is 42.5 Å². The van der Waals surface area contributed by atoms with Crippen LogP contribution in [-0.2, 0) is 113 Å². The van der Waals surface area contributed by atoms with Gasteiger partial charge < -0.3 is 14.4 Å². The average Bonchev–Trinajstić information content (AvgIpc) is 2.95. The van der Waals surface area contributed by atoms with Crippen molar-refractivity contribution >= 4 is 40.9 Å². The molecule has 0 bridgehead atoms. The van der Waals surface area contributed by atoms with Crippen LogP contribution in [0, 0.1) is 26.8 Å². The number of hydrogen-bond donors (Lipinski definition) is 0. The maximum absolute atomic E-state index is 10.7. The van der Waals surface area contributed by atoms with E-state index >= 15 is 0 Å². The van der Waals surface area contributed by atoms with Gasteiger partial charge in [0, 0.05) is 98.1 Å². The van der Waals surface area contributed by atoms with Crippen LogP contribution in [-0.4, -0.2) is 19.4 Å². The number of carbonyl (C=O) groups excluding carboxylic acids is 3. The summed E-state index contributed by atoms with van der Waals surface area (Å²) in [4.78, 5) is 30.5. The summed E-state index contributed by atoms with van der Waals surface area (Å²) in [5, 5.41) is 0. The summed E-state index contributed by atoms with van der Waals surface area (Å²) in [5.74, 6) is 0. The van der Waals surface area contributed by atoms with Crippen LogP contribution in [0.2, 0.25) is 0 Å². The summed E-state index contributed by atoms with van der Waals surface area (Å²) < 4.78 is 0.